The molecule has 10 rings (SSSR count). The lowest BCUT2D eigenvalue weighted by atomic mass is 9.78. The zero-order valence-corrected chi connectivity index (χ0v) is 46.8. The highest BCUT2D eigenvalue weighted by atomic mass is 16.6. The van der Waals surface area contributed by atoms with Gasteiger partial charge in [-0.05, 0) is 152 Å². The Morgan fingerprint density at radius 3 is 1.35 bits per heavy atom. The van der Waals surface area contributed by atoms with E-state index in [4.69, 9.17) is 18.9 Å². The fraction of sp³-hybridized carbons (Fsp3) is 0.552. The van der Waals surface area contributed by atoms with Crippen LogP contribution in [0.2, 0.25) is 0 Å². The third kappa shape index (κ3) is 13.5. The van der Waals surface area contributed by atoms with Crippen molar-refractivity contribution in [1.29, 1.82) is 0 Å². The first-order chi connectivity index (χ1) is 37.2. The summed E-state index contributed by atoms with van der Waals surface area (Å²) in [5.74, 6) is 1.40. The Kier molecular flexibility index (Phi) is 16.5. The molecule has 4 aromatic heterocycles. The molecule has 8 atom stereocenters. The summed E-state index contributed by atoms with van der Waals surface area (Å²) in [5.41, 5.74) is 7.88. The quantitative estimate of drug-likeness (QED) is 0.0765. The van der Waals surface area contributed by atoms with Crippen LogP contribution in [0.15, 0.2) is 73.3 Å². The number of nitrogens with one attached hydrogen (secondary N) is 2. The molecule has 4 fully saturated rings. The first-order valence-corrected chi connectivity index (χ1v) is 27.4. The van der Waals surface area contributed by atoms with Crippen LogP contribution < -0.4 is 10.6 Å². The van der Waals surface area contributed by atoms with Gasteiger partial charge < -0.3 is 29.6 Å². The number of carbonyl (C=O) groups excluding carboxylic acids is 4. The van der Waals surface area contributed by atoms with Gasteiger partial charge in [-0.25, -0.2) is 28.5 Å². The second-order valence-electron chi connectivity index (χ2n) is 23.6. The third-order valence-corrected chi connectivity index (χ3v) is 15.3. The highest BCUT2D eigenvalue weighted by Crippen LogP contribution is 2.56. The van der Waals surface area contributed by atoms with Crippen LogP contribution >= 0.6 is 0 Å². The number of amides is 2. The van der Waals surface area contributed by atoms with E-state index in [1.165, 1.54) is 25.3 Å². The molecule has 0 bridgehead atoms. The van der Waals surface area contributed by atoms with Crippen molar-refractivity contribution in [1.82, 2.24) is 60.2 Å². The zero-order chi connectivity index (χ0) is 55.5. The maximum absolute atomic E-state index is 12.6. The Balaban J connectivity index is 0.000000190. The van der Waals surface area contributed by atoms with Crippen molar-refractivity contribution in [3.63, 3.8) is 0 Å². The molecule has 6 aromatic rings. The van der Waals surface area contributed by atoms with Gasteiger partial charge in [0, 0.05) is 63.3 Å². The summed E-state index contributed by atoms with van der Waals surface area (Å²) < 4.78 is 28.2. The molecule has 2 amide bonds. The van der Waals surface area contributed by atoms with Crippen LogP contribution in [0, 0.1) is 11.8 Å². The van der Waals surface area contributed by atoms with Crippen LogP contribution in [0.1, 0.15) is 196 Å². The lowest BCUT2D eigenvalue weighted by Crippen LogP contribution is -2.36. The minimum Gasteiger partial charge on any atom is -0.465 e. The smallest absolute Gasteiger partial charge is 0.407 e. The molecule has 416 valence electrons. The molecule has 4 heterocycles. The van der Waals surface area contributed by atoms with Gasteiger partial charge in [-0.15, -0.1) is 10.2 Å². The van der Waals surface area contributed by atoms with Gasteiger partial charge in [-0.2, -0.15) is 10.2 Å². The minimum absolute atomic E-state index is 0.111. The van der Waals surface area contributed by atoms with Crippen molar-refractivity contribution >= 4 is 24.1 Å². The van der Waals surface area contributed by atoms with Crippen LogP contribution in [0.5, 0.6) is 0 Å². The fourth-order valence-corrected chi connectivity index (χ4v) is 11.6. The number of nitrogens with zero attached hydrogens (tertiary/aromatic N) is 10. The number of esters is 2. The highest BCUT2D eigenvalue weighted by Gasteiger charge is 2.47. The number of aryl methyl sites for hydroxylation is 2. The van der Waals surface area contributed by atoms with E-state index in [1.807, 2.05) is 89.5 Å². The molecule has 4 saturated carbocycles. The van der Waals surface area contributed by atoms with E-state index in [-0.39, 0.29) is 47.8 Å². The molecule has 20 heteroatoms. The van der Waals surface area contributed by atoms with Crippen molar-refractivity contribution in [3.8, 4) is 11.4 Å². The summed E-state index contributed by atoms with van der Waals surface area (Å²) in [5, 5.41) is 31.9. The van der Waals surface area contributed by atoms with E-state index in [0.29, 0.717) is 47.9 Å². The standard InChI is InChI=1S/2C29H38N6O4/c2*1-29(2,3)39-28(37)30-15-18-8-6-9-19(12-18)20-10-7-11-21(13-20)35-26(24(16-31-35)27(36)38-5)23-14-22(23)25-17-34(4)33-32-25/h2*7,10-11,13,16-19,22-23H,6,8-9,12,14-15H2,1-5H3,(H,30,37)/t18-,19+,22?,23?;18-,19-,22?,23?/m00/s1. The summed E-state index contributed by atoms with van der Waals surface area (Å²) in [6, 6.07) is 16.9. The Labute approximate surface area is 456 Å². The number of aromatic nitrogens is 10. The third-order valence-electron chi connectivity index (χ3n) is 15.3. The summed E-state index contributed by atoms with van der Waals surface area (Å²) in [4.78, 5) is 49.6. The molecule has 2 aromatic carbocycles. The van der Waals surface area contributed by atoms with Crippen LogP contribution in [-0.2, 0) is 33.0 Å². The summed E-state index contributed by atoms with van der Waals surface area (Å²) >= 11 is 0. The van der Waals surface area contributed by atoms with Crippen molar-refractivity contribution in [2.75, 3.05) is 27.3 Å². The van der Waals surface area contributed by atoms with Crippen molar-refractivity contribution in [2.45, 2.75) is 152 Å². The number of alkyl carbamates (subject to hydrolysis) is 2. The molecule has 2 N–H and O–H groups in total. The Morgan fingerprint density at radius 1 is 0.577 bits per heavy atom. The summed E-state index contributed by atoms with van der Waals surface area (Å²) in [6.07, 6.45) is 16.7. The molecule has 0 spiro atoms. The molecule has 78 heavy (non-hydrogen) atoms. The number of methoxy groups -OCH3 is 2. The molecular formula is C58H76N12O8. The SMILES string of the molecule is COC(=O)c1cnn(-c2cccc([C@@H]3CCC[C@H](CNC(=O)OC(C)(C)C)C3)c2)c1C1CC1c1cn(C)nn1.COC(=O)c1cnn(-c2cccc([C@H]3CCC[C@H](CNC(=O)OC(C)(C)C)C3)c2)c1C1CC1c1cn(C)nn1. The number of rotatable bonds is 14. The minimum atomic E-state index is -0.506. The number of ether oxygens (including phenoxy) is 4. The number of carbonyl (C=O) groups is 4. The average molecular weight is 1070 g/mol. The molecule has 0 saturated heterocycles. The average Bonchev–Trinajstić information content (AvgIpc) is 4.29. The van der Waals surface area contributed by atoms with Crippen molar-refractivity contribution in [2.24, 2.45) is 25.9 Å². The van der Waals surface area contributed by atoms with Gasteiger partial charge in [-0.1, -0.05) is 47.5 Å². The summed E-state index contributed by atoms with van der Waals surface area (Å²) in [7, 11) is 6.50. The second kappa shape index (κ2) is 23.3. The first-order valence-electron chi connectivity index (χ1n) is 27.4. The van der Waals surface area contributed by atoms with Crippen molar-refractivity contribution < 1.29 is 38.1 Å². The van der Waals surface area contributed by atoms with Crippen molar-refractivity contribution in [3.05, 3.63) is 118 Å². The van der Waals surface area contributed by atoms with Gasteiger partial charge in [0.2, 0.25) is 0 Å². The number of hydrogen-bond donors (Lipinski definition) is 2. The molecule has 20 nitrogen and oxygen atoms in total. The van der Waals surface area contributed by atoms with E-state index in [2.05, 4.69) is 77.9 Å². The molecule has 4 unspecified atom stereocenters. The van der Waals surface area contributed by atoms with E-state index in [9.17, 15) is 19.2 Å². The van der Waals surface area contributed by atoms with Gasteiger partial charge in [0.25, 0.3) is 0 Å². The van der Waals surface area contributed by atoms with E-state index in [0.717, 1.165) is 98.4 Å². The highest BCUT2D eigenvalue weighted by molar-refractivity contribution is 5.91. The molecule has 4 aliphatic carbocycles. The molecule has 0 radical (unpaired) electrons. The number of hydrogen-bond acceptors (Lipinski definition) is 14. The predicted octanol–water partition coefficient (Wildman–Crippen LogP) is 9.71. The number of benzene rings is 2. The normalized spacial score (nSPS) is 22.8. The summed E-state index contributed by atoms with van der Waals surface area (Å²) in [6.45, 7) is 12.4. The Hall–Kier alpha value is -7.38. The van der Waals surface area contributed by atoms with Gasteiger partial charge in [-0.3, -0.25) is 9.36 Å². The Bertz CT molecular complexity index is 2880. The monoisotopic (exact) mass is 1070 g/mol. The maximum Gasteiger partial charge on any atom is 0.407 e. The molecule has 4 aliphatic rings. The molecule has 0 aliphatic heterocycles. The van der Waals surface area contributed by atoms with Gasteiger partial charge in [0.05, 0.1) is 60.8 Å². The maximum atomic E-state index is 12.6. The zero-order valence-electron chi connectivity index (χ0n) is 46.8. The molecular weight excluding hydrogens is 993 g/mol. The first kappa shape index (κ1) is 55.4. The van der Waals surface area contributed by atoms with E-state index in [1.54, 1.807) is 21.8 Å². The van der Waals surface area contributed by atoms with Gasteiger partial charge >= 0.3 is 24.1 Å². The van der Waals surface area contributed by atoms with Crippen LogP contribution in [0.25, 0.3) is 11.4 Å². The van der Waals surface area contributed by atoms with Crippen LogP contribution in [0.3, 0.4) is 0 Å². The lowest BCUT2D eigenvalue weighted by molar-refractivity contribution is 0.0503. The predicted molar refractivity (Wildman–Crippen MR) is 290 cm³/mol. The largest absolute Gasteiger partial charge is 0.465 e. The second-order valence-corrected chi connectivity index (χ2v) is 23.6. The van der Waals surface area contributed by atoms with Gasteiger partial charge in [0.1, 0.15) is 22.3 Å². The topological polar surface area (TPSA) is 226 Å². The van der Waals surface area contributed by atoms with Gasteiger partial charge in [0.15, 0.2) is 0 Å². The van der Waals surface area contributed by atoms with Crippen LogP contribution in [-0.4, -0.2) is 112 Å². The van der Waals surface area contributed by atoms with E-state index >= 15 is 0 Å². The van der Waals surface area contributed by atoms with Crippen LogP contribution in [0.4, 0.5) is 9.59 Å². The fourth-order valence-electron chi connectivity index (χ4n) is 11.6. The van der Waals surface area contributed by atoms with E-state index < -0.39 is 11.2 Å². The lowest BCUT2D eigenvalue weighted by Gasteiger charge is -2.30. The Morgan fingerprint density at radius 2 is 0.987 bits per heavy atom.